The SMILES string of the molecule is COC(=O)C(C)(C)c1ccc(SCc2ccccc2)cc1. The lowest BCUT2D eigenvalue weighted by atomic mass is 9.85. The fraction of sp³-hybridized carbons (Fsp3) is 0.278. The van der Waals surface area contributed by atoms with Gasteiger partial charge >= 0.3 is 5.97 Å². The number of methoxy groups -OCH3 is 1. The number of ether oxygens (including phenoxy) is 1. The molecular formula is C18H20O2S. The van der Waals surface area contributed by atoms with Crippen LogP contribution in [0.4, 0.5) is 0 Å². The van der Waals surface area contributed by atoms with Gasteiger partial charge in [-0.3, -0.25) is 4.79 Å². The third-order valence-corrected chi connectivity index (χ3v) is 4.60. The van der Waals surface area contributed by atoms with Crippen LogP contribution in [-0.2, 0) is 20.7 Å². The number of hydrogen-bond acceptors (Lipinski definition) is 3. The van der Waals surface area contributed by atoms with Crippen LogP contribution in [0.15, 0.2) is 59.5 Å². The Hall–Kier alpha value is -1.74. The van der Waals surface area contributed by atoms with E-state index >= 15 is 0 Å². The second kappa shape index (κ2) is 6.81. The van der Waals surface area contributed by atoms with Crippen molar-refractivity contribution in [1.82, 2.24) is 0 Å². The fourth-order valence-corrected chi connectivity index (χ4v) is 2.94. The molecule has 0 radical (unpaired) electrons. The zero-order chi connectivity index (χ0) is 15.3. The van der Waals surface area contributed by atoms with Gasteiger partial charge in [-0.15, -0.1) is 11.8 Å². The first kappa shape index (κ1) is 15.6. The summed E-state index contributed by atoms with van der Waals surface area (Å²) in [5.74, 6) is 0.729. The molecule has 0 bridgehead atoms. The molecule has 0 saturated carbocycles. The average Bonchev–Trinajstić information content (AvgIpc) is 2.53. The summed E-state index contributed by atoms with van der Waals surface area (Å²) < 4.78 is 4.86. The van der Waals surface area contributed by atoms with Crippen molar-refractivity contribution in [1.29, 1.82) is 0 Å². The predicted octanol–water partition coefficient (Wildman–Crippen LogP) is 4.43. The molecule has 0 saturated heterocycles. The van der Waals surface area contributed by atoms with Crippen LogP contribution >= 0.6 is 11.8 Å². The minimum Gasteiger partial charge on any atom is -0.468 e. The van der Waals surface area contributed by atoms with Gasteiger partial charge in [0.05, 0.1) is 12.5 Å². The summed E-state index contributed by atoms with van der Waals surface area (Å²) in [7, 11) is 1.42. The lowest BCUT2D eigenvalue weighted by Gasteiger charge is -2.22. The molecule has 0 fully saturated rings. The van der Waals surface area contributed by atoms with Gasteiger partial charge in [-0.2, -0.15) is 0 Å². The minimum absolute atomic E-state index is 0.216. The van der Waals surface area contributed by atoms with E-state index in [0.29, 0.717) is 0 Å². The van der Waals surface area contributed by atoms with E-state index in [9.17, 15) is 4.79 Å². The van der Waals surface area contributed by atoms with E-state index in [-0.39, 0.29) is 5.97 Å². The Morgan fingerprint density at radius 1 is 1.05 bits per heavy atom. The summed E-state index contributed by atoms with van der Waals surface area (Å²) in [5.41, 5.74) is 1.66. The number of rotatable bonds is 5. The van der Waals surface area contributed by atoms with E-state index in [1.54, 1.807) is 11.8 Å². The molecule has 2 aromatic rings. The van der Waals surface area contributed by atoms with Crippen molar-refractivity contribution in [3.8, 4) is 0 Å². The van der Waals surface area contributed by atoms with Crippen molar-refractivity contribution >= 4 is 17.7 Å². The molecule has 0 aliphatic rings. The quantitative estimate of drug-likeness (QED) is 0.603. The van der Waals surface area contributed by atoms with Crippen LogP contribution in [0.25, 0.3) is 0 Å². The van der Waals surface area contributed by atoms with Gasteiger partial charge in [-0.1, -0.05) is 42.5 Å². The van der Waals surface area contributed by atoms with E-state index in [1.807, 2.05) is 32.0 Å². The average molecular weight is 300 g/mol. The van der Waals surface area contributed by atoms with Crippen LogP contribution in [0, 0.1) is 0 Å². The van der Waals surface area contributed by atoms with E-state index in [0.717, 1.165) is 11.3 Å². The Kier molecular flexibility index (Phi) is 5.07. The first-order valence-electron chi connectivity index (χ1n) is 6.89. The molecule has 0 heterocycles. The van der Waals surface area contributed by atoms with Gasteiger partial charge in [0, 0.05) is 10.6 Å². The Labute approximate surface area is 130 Å². The summed E-state index contributed by atoms with van der Waals surface area (Å²) >= 11 is 1.79. The van der Waals surface area contributed by atoms with Crippen molar-refractivity contribution in [3.05, 3.63) is 65.7 Å². The number of hydrogen-bond donors (Lipinski definition) is 0. The smallest absolute Gasteiger partial charge is 0.315 e. The summed E-state index contributed by atoms with van der Waals surface area (Å²) in [6.45, 7) is 3.76. The largest absolute Gasteiger partial charge is 0.468 e. The molecule has 2 rings (SSSR count). The zero-order valence-corrected chi connectivity index (χ0v) is 13.4. The van der Waals surface area contributed by atoms with Gasteiger partial charge in [0.1, 0.15) is 0 Å². The molecule has 0 aliphatic carbocycles. The van der Waals surface area contributed by atoms with Gasteiger partial charge in [0.25, 0.3) is 0 Å². The van der Waals surface area contributed by atoms with Crippen LogP contribution in [-0.4, -0.2) is 13.1 Å². The van der Waals surface area contributed by atoms with Gasteiger partial charge in [-0.05, 0) is 37.1 Å². The molecule has 0 N–H and O–H groups in total. The van der Waals surface area contributed by atoms with Crippen molar-refractivity contribution in [2.24, 2.45) is 0 Å². The van der Waals surface area contributed by atoms with Crippen LogP contribution in [0.5, 0.6) is 0 Å². The highest BCUT2D eigenvalue weighted by atomic mass is 32.2. The Morgan fingerprint density at radius 3 is 2.24 bits per heavy atom. The molecule has 0 atom stereocenters. The predicted molar refractivity (Wildman–Crippen MR) is 87.5 cm³/mol. The van der Waals surface area contributed by atoms with Crippen molar-refractivity contribution < 1.29 is 9.53 Å². The highest BCUT2D eigenvalue weighted by Gasteiger charge is 2.30. The molecule has 0 spiro atoms. The molecule has 0 aliphatic heterocycles. The molecule has 110 valence electrons. The third-order valence-electron chi connectivity index (χ3n) is 3.52. The number of carbonyl (C=O) groups excluding carboxylic acids is 1. The molecule has 21 heavy (non-hydrogen) atoms. The minimum atomic E-state index is -0.614. The number of esters is 1. The second-order valence-electron chi connectivity index (χ2n) is 5.42. The van der Waals surface area contributed by atoms with Crippen molar-refractivity contribution in [3.63, 3.8) is 0 Å². The van der Waals surface area contributed by atoms with Gasteiger partial charge in [0.2, 0.25) is 0 Å². The topological polar surface area (TPSA) is 26.3 Å². The zero-order valence-electron chi connectivity index (χ0n) is 12.6. The van der Waals surface area contributed by atoms with Gasteiger partial charge < -0.3 is 4.74 Å². The normalized spacial score (nSPS) is 11.2. The standard InChI is InChI=1S/C18H20O2S/c1-18(2,17(19)20-3)15-9-11-16(12-10-15)21-13-14-7-5-4-6-8-14/h4-12H,13H2,1-3H3. The van der Waals surface area contributed by atoms with Crippen LogP contribution in [0.2, 0.25) is 0 Å². The maximum atomic E-state index is 11.8. The molecule has 0 aromatic heterocycles. The molecule has 3 heteroatoms. The number of thioether (sulfide) groups is 1. The fourth-order valence-electron chi connectivity index (χ4n) is 2.08. The Morgan fingerprint density at radius 2 is 1.67 bits per heavy atom. The van der Waals surface area contributed by atoms with Crippen LogP contribution in [0.3, 0.4) is 0 Å². The van der Waals surface area contributed by atoms with Gasteiger partial charge in [-0.25, -0.2) is 0 Å². The molecular weight excluding hydrogens is 280 g/mol. The molecule has 2 nitrogen and oxygen atoms in total. The lowest BCUT2D eigenvalue weighted by molar-refractivity contribution is -0.146. The number of benzene rings is 2. The van der Waals surface area contributed by atoms with Crippen molar-refractivity contribution in [2.75, 3.05) is 7.11 Å². The van der Waals surface area contributed by atoms with Crippen LogP contribution in [0.1, 0.15) is 25.0 Å². The lowest BCUT2D eigenvalue weighted by Crippen LogP contribution is -2.30. The van der Waals surface area contributed by atoms with Crippen molar-refractivity contribution in [2.45, 2.75) is 29.9 Å². The summed E-state index contributed by atoms with van der Waals surface area (Å²) in [5, 5.41) is 0. The van der Waals surface area contributed by atoms with E-state index in [4.69, 9.17) is 4.74 Å². The molecule has 2 aromatic carbocycles. The highest BCUT2D eigenvalue weighted by molar-refractivity contribution is 7.98. The van der Waals surface area contributed by atoms with E-state index < -0.39 is 5.41 Å². The summed E-state index contributed by atoms with van der Waals surface area (Å²) in [6, 6.07) is 18.5. The maximum absolute atomic E-state index is 11.8. The highest BCUT2D eigenvalue weighted by Crippen LogP contribution is 2.28. The second-order valence-corrected chi connectivity index (χ2v) is 6.46. The summed E-state index contributed by atoms with van der Waals surface area (Å²) in [6.07, 6.45) is 0. The first-order valence-corrected chi connectivity index (χ1v) is 7.88. The van der Waals surface area contributed by atoms with Gasteiger partial charge in [0.15, 0.2) is 0 Å². The van der Waals surface area contributed by atoms with E-state index in [1.165, 1.54) is 17.6 Å². The third kappa shape index (κ3) is 3.88. The van der Waals surface area contributed by atoms with E-state index in [2.05, 4.69) is 36.4 Å². The Balaban J connectivity index is 2.04. The monoisotopic (exact) mass is 300 g/mol. The van der Waals surface area contributed by atoms with Crippen LogP contribution < -0.4 is 0 Å². The molecule has 0 amide bonds. The molecule has 0 unspecified atom stereocenters. The first-order chi connectivity index (χ1) is 10.0. The number of carbonyl (C=O) groups is 1. The maximum Gasteiger partial charge on any atom is 0.315 e. The summed E-state index contributed by atoms with van der Waals surface area (Å²) in [4.78, 5) is 13.0. The Bertz CT molecular complexity index is 588.